The van der Waals surface area contributed by atoms with Crippen LogP contribution in [0.5, 0.6) is 0 Å². The Morgan fingerprint density at radius 1 is 0.821 bits per heavy atom. The number of hydrogen-bond donors (Lipinski definition) is 0. The summed E-state index contributed by atoms with van der Waals surface area (Å²) < 4.78 is 85.1. The molecule has 6 nitrogen and oxygen atoms in total. The van der Waals surface area contributed by atoms with Crippen LogP contribution in [0, 0.1) is 47.3 Å². The molecule has 0 aromatic heterocycles. The van der Waals surface area contributed by atoms with Crippen LogP contribution < -0.4 is 0 Å². The highest BCUT2D eigenvalue weighted by atomic mass is 19.3. The van der Waals surface area contributed by atoms with E-state index in [0.29, 0.717) is 44.8 Å². The lowest BCUT2D eigenvalue weighted by atomic mass is 9.61. The summed E-state index contributed by atoms with van der Waals surface area (Å²) in [5.41, 5.74) is 0. The highest BCUT2D eigenvalue weighted by molar-refractivity contribution is 5.72. The fourth-order valence-corrected chi connectivity index (χ4v) is 8.65. The van der Waals surface area contributed by atoms with Gasteiger partial charge in [-0.1, -0.05) is 26.2 Å². The van der Waals surface area contributed by atoms with E-state index in [9.17, 15) is 22.4 Å². The van der Waals surface area contributed by atoms with E-state index in [1.54, 1.807) is 6.92 Å². The van der Waals surface area contributed by atoms with E-state index in [0.717, 1.165) is 11.8 Å². The van der Waals surface area contributed by atoms with Gasteiger partial charge in [0.1, 0.15) is 13.2 Å². The van der Waals surface area contributed by atoms with E-state index in [-0.39, 0.29) is 36.6 Å². The molecule has 2 aliphatic heterocycles. The molecule has 222 valence electrons. The third-order valence-corrected chi connectivity index (χ3v) is 10.6. The molecule has 6 fully saturated rings. The molecule has 6 rings (SSSR count). The van der Waals surface area contributed by atoms with Crippen LogP contribution in [-0.2, 0) is 28.5 Å². The maximum Gasteiger partial charge on any atom is 0.335 e. The average molecular weight is 563 g/mol. The summed E-state index contributed by atoms with van der Waals surface area (Å²) in [5.74, 6) is -9.56. The molecule has 2 saturated heterocycles. The Balaban J connectivity index is 1.01. The van der Waals surface area contributed by atoms with Gasteiger partial charge in [0.2, 0.25) is 0 Å². The molecule has 4 saturated carbocycles. The number of alkyl halides is 4. The minimum Gasteiger partial charge on any atom is -0.465 e. The second-order valence-electron chi connectivity index (χ2n) is 13.5. The number of fused-ring (bicyclic) bond motifs is 5. The molecule has 0 radical (unpaired) electrons. The van der Waals surface area contributed by atoms with Crippen LogP contribution in [0.3, 0.4) is 0 Å². The van der Waals surface area contributed by atoms with Crippen molar-refractivity contribution in [2.24, 2.45) is 47.3 Å². The van der Waals surface area contributed by atoms with Gasteiger partial charge in [0.05, 0.1) is 25.7 Å². The fraction of sp³-hybridized carbons (Fsp3) is 0.966. The first-order valence-electron chi connectivity index (χ1n) is 15.0. The van der Waals surface area contributed by atoms with Crippen molar-refractivity contribution >= 4 is 5.97 Å². The minimum atomic E-state index is -4.31. The summed E-state index contributed by atoms with van der Waals surface area (Å²) in [6.45, 7) is 0.182. The molecule has 0 amide bonds. The number of rotatable bonds is 4. The highest BCUT2D eigenvalue weighted by Gasteiger charge is 2.64. The van der Waals surface area contributed by atoms with Crippen molar-refractivity contribution in [2.45, 2.75) is 95.1 Å². The lowest BCUT2D eigenvalue weighted by Crippen LogP contribution is -2.56. The van der Waals surface area contributed by atoms with Crippen molar-refractivity contribution in [3.63, 3.8) is 0 Å². The number of carbonyl (C=O) groups is 1. The molecule has 6 atom stereocenters. The topological polar surface area (TPSA) is 63.2 Å². The monoisotopic (exact) mass is 562 g/mol. The van der Waals surface area contributed by atoms with Crippen LogP contribution in [0.4, 0.5) is 17.6 Å². The van der Waals surface area contributed by atoms with E-state index in [2.05, 4.69) is 0 Å². The number of halogens is 4. The minimum absolute atomic E-state index is 0.0410. The van der Waals surface area contributed by atoms with Crippen LogP contribution in [0.1, 0.15) is 71.1 Å². The standard InChI is InChI=1S/C29H42F4O6/c1-17-5-20-9-22(11-24(10-20)29(17)38-15-27(30,31)28(32,33)16-39-29)25(34)35-12-21-13-36-26(37-14-21)23-7-18-3-2-4-19(6-18)8-23/h17-24,26H,2-16H2,1H3. The Hall–Kier alpha value is -0.970. The first-order valence-corrected chi connectivity index (χ1v) is 15.0. The second-order valence-corrected chi connectivity index (χ2v) is 13.5. The van der Waals surface area contributed by atoms with Crippen LogP contribution in [0.25, 0.3) is 0 Å². The third kappa shape index (κ3) is 5.48. The van der Waals surface area contributed by atoms with Gasteiger partial charge in [-0.2, -0.15) is 17.6 Å². The molecular formula is C29H42F4O6. The number of ether oxygens (including phenoxy) is 5. The lowest BCUT2D eigenvalue weighted by molar-refractivity contribution is -0.315. The van der Waals surface area contributed by atoms with Crippen LogP contribution in [-0.4, -0.2) is 62.9 Å². The van der Waals surface area contributed by atoms with Crippen molar-refractivity contribution in [1.82, 2.24) is 0 Å². The SMILES string of the molecule is CC1CC2CC(C(=O)OCC3COC(C4CC5CCCC(C5)C4)OC3)CC(C2)C12OCC(F)(F)C(F)(F)CO2. The smallest absolute Gasteiger partial charge is 0.335 e. The summed E-state index contributed by atoms with van der Waals surface area (Å²) in [7, 11) is 0. The van der Waals surface area contributed by atoms with Gasteiger partial charge in [0.25, 0.3) is 0 Å². The van der Waals surface area contributed by atoms with Crippen LogP contribution in [0.15, 0.2) is 0 Å². The molecule has 4 bridgehead atoms. The highest BCUT2D eigenvalue weighted by Crippen LogP contribution is 2.55. The summed E-state index contributed by atoms with van der Waals surface area (Å²) in [6, 6.07) is 0. The number of hydrogen-bond acceptors (Lipinski definition) is 6. The molecule has 6 aliphatic rings. The largest absolute Gasteiger partial charge is 0.465 e. The quantitative estimate of drug-likeness (QED) is 0.318. The van der Waals surface area contributed by atoms with Gasteiger partial charge in [-0.3, -0.25) is 4.79 Å². The Kier molecular flexibility index (Phi) is 7.73. The summed E-state index contributed by atoms with van der Waals surface area (Å²) >= 11 is 0. The zero-order valence-corrected chi connectivity index (χ0v) is 22.8. The zero-order chi connectivity index (χ0) is 27.4. The summed E-state index contributed by atoms with van der Waals surface area (Å²) in [6.07, 6.45) is 9.60. The van der Waals surface area contributed by atoms with Gasteiger partial charge in [-0.15, -0.1) is 0 Å². The van der Waals surface area contributed by atoms with Crippen molar-refractivity contribution in [2.75, 3.05) is 33.0 Å². The maximum atomic E-state index is 14.0. The fourth-order valence-electron chi connectivity index (χ4n) is 8.65. The first kappa shape index (κ1) is 28.2. The summed E-state index contributed by atoms with van der Waals surface area (Å²) in [4.78, 5) is 13.1. The molecular weight excluding hydrogens is 520 g/mol. The Morgan fingerprint density at radius 2 is 1.46 bits per heavy atom. The lowest BCUT2D eigenvalue weighted by Gasteiger charge is -2.52. The zero-order valence-electron chi connectivity index (χ0n) is 22.8. The van der Waals surface area contributed by atoms with Gasteiger partial charge < -0.3 is 23.7 Å². The molecule has 0 aromatic carbocycles. The van der Waals surface area contributed by atoms with Crippen molar-refractivity contribution < 1.29 is 46.0 Å². The molecule has 0 N–H and O–H groups in total. The van der Waals surface area contributed by atoms with Gasteiger partial charge >= 0.3 is 17.8 Å². The Bertz CT molecular complexity index is 861. The maximum absolute atomic E-state index is 14.0. The summed E-state index contributed by atoms with van der Waals surface area (Å²) in [5, 5.41) is 0. The van der Waals surface area contributed by atoms with E-state index in [1.807, 2.05) is 0 Å². The molecule has 6 unspecified atom stereocenters. The van der Waals surface area contributed by atoms with E-state index in [4.69, 9.17) is 23.7 Å². The normalized spacial score (nSPS) is 44.8. The number of esters is 1. The number of carbonyl (C=O) groups excluding carboxylic acids is 1. The predicted molar refractivity (Wildman–Crippen MR) is 131 cm³/mol. The van der Waals surface area contributed by atoms with Gasteiger partial charge in [0.15, 0.2) is 12.1 Å². The third-order valence-electron chi connectivity index (χ3n) is 10.6. The molecule has 2 heterocycles. The van der Waals surface area contributed by atoms with Crippen LogP contribution >= 0.6 is 0 Å². The second kappa shape index (κ2) is 10.7. The molecule has 10 heteroatoms. The van der Waals surface area contributed by atoms with Crippen molar-refractivity contribution in [3.8, 4) is 0 Å². The Labute approximate surface area is 227 Å². The van der Waals surface area contributed by atoms with Gasteiger partial charge in [0, 0.05) is 23.7 Å². The molecule has 1 spiro atoms. The molecule has 4 aliphatic carbocycles. The van der Waals surface area contributed by atoms with E-state index in [1.165, 1.54) is 38.5 Å². The van der Waals surface area contributed by atoms with Gasteiger partial charge in [-0.25, -0.2) is 0 Å². The Morgan fingerprint density at radius 3 is 2.10 bits per heavy atom. The van der Waals surface area contributed by atoms with Crippen molar-refractivity contribution in [3.05, 3.63) is 0 Å². The van der Waals surface area contributed by atoms with Crippen molar-refractivity contribution in [1.29, 1.82) is 0 Å². The average Bonchev–Trinajstić information content (AvgIpc) is 3.00. The first-order chi connectivity index (χ1) is 18.5. The van der Waals surface area contributed by atoms with E-state index < -0.39 is 42.7 Å². The predicted octanol–water partition coefficient (Wildman–Crippen LogP) is 5.82. The molecule has 39 heavy (non-hydrogen) atoms. The van der Waals surface area contributed by atoms with Gasteiger partial charge in [-0.05, 0) is 62.7 Å². The van der Waals surface area contributed by atoms with Crippen LogP contribution in [0.2, 0.25) is 0 Å². The molecule has 0 aromatic rings. The van der Waals surface area contributed by atoms with E-state index >= 15 is 0 Å².